The minimum absolute atomic E-state index is 0.297. The quantitative estimate of drug-likeness (QED) is 0.722. The Morgan fingerprint density at radius 3 is 2.58 bits per heavy atom. The predicted molar refractivity (Wildman–Crippen MR) is 90.6 cm³/mol. The molecular weight excluding hydrogens is 308 g/mol. The number of H-pyrrole nitrogens is 1. The Morgan fingerprint density at radius 2 is 1.83 bits per heavy atom. The zero-order valence-electron chi connectivity index (χ0n) is 13.3. The Kier molecular flexibility index (Phi) is 4.20. The molecule has 0 spiro atoms. The van der Waals surface area contributed by atoms with E-state index < -0.39 is 5.97 Å². The van der Waals surface area contributed by atoms with E-state index in [2.05, 4.69) is 10.3 Å². The van der Waals surface area contributed by atoms with Crippen LogP contribution in [0.5, 0.6) is 5.75 Å². The minimum Gasteiger partial charge on any atom is -0.497 e. The average Bonchev–Trinajstić information content (AvgIpc) is 3.04. The molecule has 0 aliphatic rings. The number of aromatic amines is 1. The summed E-state index contributed by atoms with van der Waals surface area (Å²) in [6, 6.07) is 13.9. The van der Waals surface area contributed by atoms with Gasteiger partial charge in [-0.25, -0.2) is 4.79 Å². The third kappa shape index (κ3) is 2.94. The van der Waals surface area contributed by atoms with Crippen LogP contribution in [0.15, 0.2) is 48.5 Å². The topological polar surface area (TPSA) is 80.4 Å². The highest BCUT2D eigenvalue weighted by molar-refractivity contribution is 6.09. The molecule has 0 unspecified atom stereocenters. The molecule has 1 amide bonds. The molecule has 0 aliphatic carbocycles. The van der Waals surface area contributed by atoms with Crippen LogP contribution in [0.2, 0.25) is 0 Å². The Labute approximate surface area is 138 Å². The highest BCUT2D eigenvalue weighted by atomic mass is 16.5. The zero-order chi connectivity index (χ0) is 17.1. The van der Waals surface area contributed by atoms with Gasteiger partial charge in [-0.05, 0) is 36.4 Å². The van der Waals surface area contributed by atoms with Gasteiger partial charge in [-0.15, -0.1) is 0 Å². The largest absolute Gasteiger partial charge is 0.497 e. The standard InChI is InChI=1S/C18H16N2O4/c1-23-12-7-8-14-11(9-12)10-16(19-14)17(21)20-15-6-4-3-5-13(15)18(22)24-2/h3-10,19H,1-2H3,(H,20,21). The summed E-state index contributed by atoms with van der Waals surface area (Å²) >= 11 is 0. The van der Waals surface area contributed by atoms with Crippen molar-refractivity contribution in [3.05, 3.63) is 59.8 Å². The van der Waals surface area contributed by atoms with Crippen LogP contribution in [0.1, 0.15) is 20.8 Å². The van der Waals surface area contributed by atoms with E-state index in [1.54, 1.807) is 37.4 Å². The van der Waals surface area contributed by atoms with Crippen LogP contribution in [-0.4, -0.2) is 31.1 Å². The molecule has 6 nitrogen and oxygen atoms in total. The second-order valence-electron chi connectivity index (χ2n) is 5.13. The lowest BCUT2D eigenvalue weighted by Crippen LogP contribution is -2.15. The fraction of sp³-hybridized carbons (Fsp3) is 0.111. The molecule has 0 saturated carbocycles. The van der Waals surface area contributed by atoms with Gasteiger partial charge >= 0.3 is 5.97 Å². The van der Waals surface area contributed by atoms with Crippen LogP contribution in [0, 0.1) is 0 Å². The summed E-state index contributed by atoms with van der Waals surface area (Å²) in [4.78, 5) is 27.3. The lowest BCUT2D eigenvalue weighted by Gasteiger charge is -2.08. The normalized spacial score (nSPS) is 10.4. The Morgan fingerprint density at radius 1 is 1.04 bits per heavy atom. The molecule has 1 aromatic heterocycles. The molecule has 0 bridgehead atoms. The van der Waals surface area contributed by atoms with Gasteiger partial charge in [0.1, 0.15) is 11.4 Å². The van der Waals surface area contributed by atoms with Gasteiger partial charge in [-0.2, -0.15) is 0 Å². The molecule has 3 aromatic rings. The number of nitrogens with one attached hydrogen (secondary N) is 2. The maximum Gasteiger partial charge on any atom is 0.339 e. The number of para-hydroxylation sites is 1. The summed E-state index contributed by atoms with van der Waals surface area (Å²) in [6.45, 7) is 0. The number of esters is 1. The molecule has 122 valence electrons. The molecule has 1 heterocycles. The first kappa shape index (κ1) is 15.6. The summed E-state index contributed by atoms with van der Waals surface area (Å²) in [5.41, 5.74) is 1.90. The van der Waals surface area contributed by atoms with Crippen molar-refractivity contribution in [1.82, 2.24) is 4.98 Å². The van der Waals surface area contributed by atoms with Gasteiger partial charge in [0.05, 0.1) is 25.5 Å². The van der Waals surface area contributed by atoms with Crippen LogP contribution in [0.3, 0.4) is 0 Å². The summed E-state index contributed by atoms with van der Waals surface area (Å²) in [5.74, 6) is -0.140. The van der Waals surface area contributed by atoms with Crippen molar-refractivity contribution in [1.29, 1.82) is 0 Å². The third-order valence-corrected chi connectivity index (χ3v) is 3.65. The van der Waals surface area contributed by atoms with E-state index in [4.69, 9.17) is 9.47 Å². The van der Waals surface area contributed by atoms with E-state index in [9.17, 15) is 9.59 Å². The third-order valence-electron chi connectivity index (χ3n) is 3.65. The van der Waals surface area contributed by atoms with E-state index in [-0.39, 0.29) is 5.91 Å². The van der Waals surface area contributed by atoms with E-state index in [0.717, 1.165) is 10.9 Å². The molecule has 0 fully saturated rings. The average molecular weight is 324 g/mol. The molecule has 0 atom stereocenters. The maximum absolute atomic E-state index is 12.5. The first-order valence-electron chi connectivity index (χ1n) is 7.28. The van der Waals surface area contributed by atoms with Crippen molar-refractivity contribution in [3.63, 3.8) is 0 Å². The van der Waals surface area contributed by atoms with Crippen molar-refractivity contribution in [2.45, 2.75) is 0 Å². The van der Waals surface area contributed by atoms with Gasteiger partial charge in [0, 0.05) is 10.9 Å². The predicted octanol–water partition coefficient (Wildman–Crippen LogP) is 3.22. The summed E-state index contributed by atoms with van der Waals surface area (Å²) < 4.78 is 9.90. The number of anilines is 1. The lowest BCUT2D eigenvalue weighted by molar-refractivity contribution is 0.0602. The number of aromatic nitrogens is 1. The van der Waals surface area contributed by atoms with Crippen molar-refractivity contribution >= 4 is 28.5 Å². The molecular formula is C18H16N2O4. The SMILES string of the molecule is COC(=O)c1ccccc1NC(=O)c1cc2cc(OC)ccc2[nH]1. The number of carbonyl (C=O) groups is 2. The Hall–Kier alpha value is -3.28. The molecule has 24 heavy (non-hydrogen) atoms. The summed E-state index contributed by atoms with van der Waals surface area (Å²) in [7, 11) is 2.89. The van der Waals surface area contributed by atoms with Crippen LogP contribution in [0.25, 0.3) is 10.9 Å². The molecule has 2 N–H and O–H groups in total. The molecule has 0 radical (unpaired) electrons. The van der Waals surface area contributed by atoms with Gasteiger partial charge in [0.25, 0.3) is 5.91 Å². The van der Waals surface area contributed by atoms with Crippen LogP contribution in [0.4, 0.5) is 5.69 Å². The highest BCUT2D eigenvalue weighted by Crippen LogP contribution is 2.23. The van der Waals surface area contributed by atoms with Crippen molar-refractivity contribution in [3.8, 4) is 5.75 Å². The van der Waals surface area contributed by atoms with Crippen LogP contribution >= 0.6 is 0 Å². The first-order chi connectivity index (χ1) is 11.6. The second-order valence-corrected chi connectivity index (χ2v) is 5.13. The number of rotatable bonds is 4. The van der Waals surface area contributed by atoms with Gasteiger partial charge in [0.15, 0.2) is 0 Å². The minimum atomic E-state index is -0.507. The van der Waals surface area contributed by atoms with E-state index in [1.165, 1.54) is 7.11 Å². The lowest BCUT2D eigenvalue weighted by atomic mass is 10.1. The number of hydrogen-bond acceptors (Lipinski definition) is 4. The van der Waals surface area contributed by atoms with E-state index in [0.29, 0.717) is 22.7 Å². The molecule has 0 aliphatic heterocycles. The monoisotopic (exact) mass is 324 g/mol. The summed E-state index contributed by atoms with van der Waals surface area (Å²) in [6.07, 6.45) is 0. The Balaban J connectivity index is 1.89. The van der Waals surface area contributed by atoms with Crippen LogP contribution < -0.4 is 10.1 Å². The number of amides is 1. The number of benzene rings is 2. The van der Waals surface area contributed by atoms with Gasteiger partial charge in [0.2, 0.25) is 0 Å². The fourth-order valence-corrected chi connectivity index (χ4v) is 2.43. The van der Waals surface area contributed by atoms with Gasteiger partial charge < -0.3 is 19.8 Å². The number of carbonyl (C=O) groups excluding carboxylic acids is 2. The molecule has 2 aromatic carbocycles. The number of hydrogen-bond donors (Lipinski definition) is 2. The first-order valence-corrected chi connectivity index (χ1v) is 7.28. The smallest absolute Gasteiger partial charge is 0.339 e. The zero-order valence-corrected chi connectivity index (χ0v) is 13.3. The second kappa shape index (κ2) is 6.45. The number of ether oxygens (including phenoxy) is 2. The molecule has 0 saturated heterocycles. The molecule has 3 rings (SSSR count). The van der Waals surface area contributed by atoms with Gasteiger partial charge in [-0.1, -0.05) is 12.1 Å². The van der Waals surface area contributed by atoms with Crippen molar-refractivity contribution in [2.24, 2.45) is 0 Å². The Bertz CT molecular complexity index is 914. The summed E-state index contributed by atoms with van der Waals surface area (Å²) in [5, 5.41) is 3.59. The molecule has 6 heteroatoms. The highest BCUT2D eigenvalue weighted by Gasteiger charge is 2.15. The maximum atomic E-state index is 12.5. The van der Waals surface area contributed by atoms with E-state index >= 15 is 0 Å². The van der Waals surface area contributed by atoms with Crippen molar-refractivity contribution < 1.29 is 19.1 Å². The number of fused-ring (bicyclic) bond motifs is 1. The van der Waals surface area contributed by atoms with Crippen molar-refractivity contribution in [2.75, 3.05) is 19.5 Å². The number of methoxy groups -OCH3 is 2. The fourth-order valence-electron chi connectivity index (χ4n) is 2.43. The van der Waals surface area contributed by atoms with Gasteiger partial charge in [-0.3, -0.25) is 4.79 Å². The van der Waals surface area contributed by atoms with E-state index in [1.807, 2.05) is 18.2 Å². The van der Waals surface area contributed by atoms with Crippen LogP contribution in [-0.2, 0) is 4.74 Å².